The second-order valence-corrected chi connectivity index (χ2v) is 7.88. The van der Waals surface area contributed by atoms with Crippen molar-refractivity contribution in [3.63, 3.8) is 0 Å². The van der Waals surface area contributed by atoms with Gasteiger partial charge in [-0.2, -0.15) is 0 Å². The van der Waals surface area contributed by atoms with Crippen LogP contribution in [0.2, 0.25) is 5.02 Å². The van der Waals surface area contributed by atoms with E-state index in [1.54, 1.807) is 24.3 Å². The minimum absolute atomic E-state index is 0.158. The molecular weight excluding hydrogens is 466 g/mol. The van der Waals surface area contributed by atoms with Crippen molar-refractivity contribution in [2.24, 2.45) is 0 Å². The van der Waals surface area contributed by atoms with Crippen LogP contribution in [0.4, 0.5) is 0 Å². The Balaban J connectivity index is 1.94. The lowest BCUT2D eigenvalue weighted by Gasteiger charge is -2.21. The van der Waals surface area contributed by atoms with Crippen LogP contribution < -0.4 is 16.2 Å². The van der Waals surface area contributed by atoms with E-state index in [4.69, 9.17) is 16.7 Å². The van der Waals surface area contributed by atoms with Gasteiger partial charge in [0.2, 0.25) is 11.5 Å². The first-order chi connectivity index (χ1) is 16.1. The first kappa shape index (κ1) is 24.5. The molecule has 3 aromatic rings. The Hall–Kier alpha value is -4.18. The summed E-state index contributed by atoms with van der Waals surface area (Å²) in [5.41, 5.74) is 0.716. The minimum atomic E-state index is -1.71. The summed E-state index contributed by atoms with van der Waals surface area (Å²) in [6.45, 7) is 0. The minimum Gasteiger partial charge on any atom is -0.481 e. The summed E-state index contributed by atoms with van der Waals surface area (Å²) in [7, 11) is 0. The Morgan fingerprint density at radius 3 is 2.26 bits per heavy atom. The molecule has 0 saturated heterocycles. The lowest BCUT2D eigenvalue weighted by Crippen LogP contribution is -2.53. The number of halogens is 1. The van der Waals surface area contributed by atoms with E-state index in [1.807, 2.05) is 0 Å². The van der Waals surface area contributed by atoms with Crippen molar-refractivity contribution in [2.75, 3.05) is 0 Å². The number of fused-ring (bicyclic) bond motifs is 1. The van der Waals surface area contributed by atoms with E-state index in [1.165, 1.54) is 30.3 Å². The van der Waals surface area contributed by atoms with Crippen LogP contribution in [0, 0.1) is 0 Å². The van der Waals surface area contributed by atoms with Crippen LogP contribution >= 0.6 is 11.6 Å². The van der Waals surface area contributed by atoms with Gasteiger partial charge in [0.05, 0.1) is 6.42 Å². The first-order valence-corrected chi connectivity index (χ1v) is 10.4. The van der Waals surface area contributed by atoms with E-state index in [9.17, 15) is 29.1 Å². The van der Waals surface area contributed by atoms with E-state index >= 15 is 0 Å². The van der Waals surface area contributed by atoms with Gasteiger partial charge in [-0.15, -0.1) is 0 Å². The summed E-state index contributed by atoms with van der Waals surface area (Å²) in [5.74, 6) is -4.52. The molecule has 0 fully saturated rings. The number of carbonyl (C=O) groups excluding carboxylic acids is 2. The molecule has 0 spiro atoms. The summed E-state index contributed by atoms with van der Waals surface area (Å²) >= 11 is 5.85. The molecule has 0 aliphatic heterocycles. The summed E-state index contributed by atoms with van der Waals surface area (Å²) in [5, 5.41) is 24.0. The predicted octanol–water partition coefficient (Wildman–Crippen LogP) is 1.57. The molecule has 0 aliphatic rings. The van der Waals surface area contributed by atoms with Crippen molar-refractivity contribution < 1.29 is 29.4 Å². The van der Waals surface area contributed by atoms with Crippen LogP contribution in [-0.4, -0.2) is 51.0 Å². The van der Waals surface area contributed by atoms with Gasteiger partial charge < -0.3 is 25.8 Å². The summed E-state index contributed by atoms with van der Waals surface area (Å²) in [6, 6.07) is 11.0. The van der Waals surface area contributed by atoms with Crippen molar-refractivity contribution in [1.82, 2.24) is 15.6 Å². The number of carboxylic acids is 2. The molecule has 1 heterocycles. The molecule has 5 N–H and O–H groups in total. The maximum atomic E-state index is 13.0. The Morgan fingerprint density at radius 2 is 1.62 bits per heavy atom. The fourth-order valence-electron chi connectivity index (χ4n) is 3.36. The number of rotatable bonds is 9. The number of carbonyl (C=O) groups is 4. The van der Waals surface area contributed by atoms with Crippen LogP contribution in [0.25, 0.3) is 10.9 Å². The molecule has 0 unspecified atom stereocenters. The second kappa shape index (κ2) is 10.6. The number of aromatic amines is 1. The zero-order chi connectivity index (χ0) is 24.8. The van der Waals surface area contributed by atoms with Crippen molar-refractivity contribution in [1.29, 1.82) is 0 Å². The smallest absolute Gasteiger partial charge is 0.326 e. The van der Waals surface area contributed by atoms with Gasteiger partial charge in [0.15, 0.2) is 0 Å². The number of hydrogen-bond donors (Lipinski definition) is 5. The quantitative estimate of drug-likeness (QED) is 0.306. The SMILES string of the molecule is O=C(O)C[C@@H](NC(=O)[C@@H](Cc1cc(=O)[nH]c2ccccc12)NC(=O)c1ccc(Cl)cc1)C(=O)O. The molecule has 1 aromatic heterocycles. The van der Waals surface area contributed by atoms with E-state index in [0.717, 1.165) is 0 Å². The molecule has 176 valence electrons. The number of benzene rings is 2. The summed E-state index contributed by atoms with van der Waals surface area (Å²) < 4.78 is 0. The number of amides is 2. The average molecular weight is 486 g/mol. The highest BCUT2D eigenvalue weighted by atomic mass is 35.5. The number of pyridine rings is 1. The fraction of sp³-hybridized carbons (Fsp3) is 0.174. The van der Waals surface area contributed by atoms with Gasteiger partial charge in [0.25, 0.3) is 5.91 Å². The molecule has 2 aromatic carbocycles. The van der Waals surface area contributed by atoms with Crippen molar-refractivity contribution in [2.45, 2.75) is 24.9 Å². The van der Waals surface area contributed by atoms with E-state index < -0.39 is 47.8 Å². The van der Waals surface area contributed by atoms with Gasteiger partial charge in [-0.05, 0) is 35.9 Å². The Morgan fingerprint density at radius 1 is 0.941 bits per heavy atom. The number of para-hydroxylation sites is 1. The van der Waals surface area contributed by atoms with Crippen molar-refractivity contribution in [3.05, 3.63) is 81.1 Å². The number of nitrogens with one attached hydrogen (secondary N) is 3. The number of carboxylic acid groups (broad SMARTS) is 2. The highest BCUT2D eigenvalue weighted by molar-refractivity contribution is 6.30. The van der Waals surface area contributed by atoms with Crippen LogP contribution in [0.5, 0.6) is 0 Å². The topological polar surface area (TPSA) is 166 Å². The molecule has 2 amide bonds. The Bertz CT molecular complexity index is 1300. The molecule has 34 heavy (non-hydrogen) atoms. The fourth-order valence-corrected chi connectivity index (χ4v) is 3.49. The van der Waals surface area contributed by atoms with Gasteiger partial charge in [-0.25, -0.2) is 4.79 Å². The third kappa shape index (κ3) is 6.20. The van der Waals surface area contributed by atoms with E-state index in [-0.39, 0.29) is 12.0 Å². The lowest BCUT2D eigenvalue weighted by molar-refractivity contribution is -0.147. The summed E-state index contributed by atoms with van der Waals surface area (Å²) in [4.78, 5) is 63.0. The molecule has 2 atom stereocenters. The Kier molecular flexibility index (Phi) is 7.64. The van der Waals surface area contributed by atoms with Crippen LogP contribution in [0.15, 0.2) is 59.4 Å². The third-order valence-corrected chi connectivity index (χ3v) is 5.23. The average Bonchev–Trinajstić information content (AvgIpc) is 2.78. The molecule has 0 saturated carbocycles. The first-order valence-electron chi connectivity index (χ1n) is 10.1. The van der Waals surface area contributed by atoms with Crippen LogP contribution in [0.1, 0.15) is 22.3 Å². The molecule has 0 aliphatic carbocycles. The summed E-state index contributed by atoms with van der Waals surface area (Å²) in [6.07, 6.45) is -1.01. The number of aliphatic carboxylic acids is 2. The normalized spacial score (nSPS) is 12.5. The Labute approximate surface area is 197 Å². The van der Waals surface area contributed by atoms with Gasteiger partial charge in [0.1, 0.15) is 12.1 Å². The number of H-pyrrole nitrogens is 1. The van der Waals surface area contributed by atoms with Crippen molar-refractivity contribution >= 4 is 46.3 Å². The zero-order valence-corrected chi connectivity index (χ0v) is 18.3. The highest BCUT2D eigenvalue weighted by Crippen LogP contribution is 2.17. The van der Waals surface area contributed by atoms with Gasteiger partial charge >= 0.3 is 11.9 Å². The van der Waals surface area contributed by atoms with E-state index in [2.05, 4.69) is 15.6 Å². The second-order valence-electron chi connectivity index (χ2n) is 7.44. The maximum absolute atomic E-state index is 13.0. The molecular formula is C23H20ClN3O7. The zero-order valence-electron chi connectivity index (χ0n) is 17.6. The van der Waals surface area contributed by atoms with Gasteiger partial charge in [0, 0.05) is 34.0 Å². The lowest BCUT2D eigenvalue weighted by atomic mass is 10.00. The van der Waals surface area contributed by atoms with Crippen molar-refractivity contribution in [3.8, 4) is 0 Å². The molecule has 11 heteroatoms. The van der Waals surface area contributed by atoms with E-state index in [0.29, 0.717) is 21.5 Å². The molecule has 10 nitrogen and oxygen atoms in total. The van der Waals surface area contributed by atoms with Gasteiger partial charge in [-0.3, -0.25) is 19.2 Å². The third-order valence-electron chi connectivity index (χ3n) is 4.98. The standard InChI is InChI=1S/C23H20ClN3O7/c24-14-7-5-12(6-8-14)21(31)26-17(22(32)27-18(23(33)34)11-20(29)30)9-13-10-19(28)25-16-4-2-1-3-15(13)16/h1-8,10,17-18H,9,11H2,(H,25,28)(H,26,31)(H,27,32)(H,29,30)(H,33,34)/t17-,18-/m1/s1. The highest BCUT2D eigenvalue weighted by Gasteiger charge is 2.29. The van der Waals surface area contributed by atoms with Crippen LogP contribution in [-0.2, 0) is 20.8 Å². The monoisotopic (exact) mass is 485 g/mol. The number of aromatic nitrogens is 1. The molecule has 0 bridgehead atoms. The predicted molar refractivity (Wildman–Crippen MR) is 123 cm³/mol. The largest absolute Gasteiger partial charge is 0.481 e. The van der Waals surface area contributed by atoms with Gasteiger partial charge in [-0.1, -0.05) is 29.8 Å². The maximum Gasteiger partial charge on any atom is 0.326 e. The number of hydrogen-bond acceptors (Lipinski definition) is 5. The van der Waals surface area contributed by atoms with Crippen LogP contribution in [0.3, 0.4) is 0 Å². The molecule has 0 radical (unpaired) electrons. The molecule has 3 rings (SSSR count).